The normalized spacial score (nSPS) is 18.6. The number of rotatable bonds is 4. The van der Waals surface area contributed by atoms with Gasteiger partial charge in [-0.05, 0) is 35.4 Å². The number of methoxy groups -OCH3 is 1. The van der Waals surface area contributed by atoms with E-state index in [4.69, 9.17) is 21.4 Å². The molecule has 1 heterocycles. The maximum absolute atomic E-state index is 12.9. The van der Waals surface area contributed by atoms with Crippen LogP contribution in [0.4, 0.5) is 5.69 Å². The van der Waals surface area contributed by atoms with Crippen molar-refractivity contribution in [2.24, 2.45) is 11.0 Å². The Balaban J connectivity index is 1.89. The van der Waals surface area contributed by atoms with Crippen LogP contribution >= 0.6 is 11.6 Å². The first-order chi connectivity index (χ1) is 13.7. The molecule has 1 aliphatic rings. The fraction of sp³-hybridized carbons (Fsp3) is 0.130. The number of hydrogen-bond acceptors (Lipinski definition) is 4. The summed E-state index contributed by atoms with van der Waals surface area (Å²) in [4.78, 5) is 12.9. The lowest BCUT2D eigenvalue weighted by molar-refractivity contribution is -0.143. The Morgan fingerprint density at radius 2 is 1.54 bits per heavy atom. The van der Waals surface area contributed by atoms with Crippen molar-refractivity contribution in [3.63, 3.8) is 0 Å². The maximum Gasteiger partial charge on any atom is 0.317 e. The zero-order valence-corrected chi connectivity index (χ0v) is 16.1. The molecule has 2 atom stereocenters. The van der Waals surface area contributed by atoms with Crippen LogP contribution in [0.25, 0.3) is 0 Å². The third kappa shape index (κ3) is 3.39. The Morgan fingerprint density at radius 1 is 0.929 bits per heavy atom. The average Bonchev–Trinajstić information content (AvgIpc) is 3.15. The van der Waals surface area contributed by atoms with E-state index in [0.717, 1.165) is 16.8 Å². The van der Waals surface area contributed by atoms with E-state index in [9.17, 15) is 4.79 Å². The van der Waals surface area contributed by atoms with Crippen molar-refractivity contribution < 1.29 is 9.53 Å². The summed E-state index contributed by atoms with van der Waals surface area (Å²) >= 11 is 6.09. The van der Waals surface area contributed by atoms with Crippen LogP contribution in [-0.4, -0.2) is 18.8 Å². The number of ether oxygens (including phenoxy) is 1. The van der Waals surface area contributed by atoms with E-state index in [-0.39, 0.29) is 12.0 Å². The predicted octanol–water partition coefficient (Wildman–Crippen LogP) is 5.09. The fourth-order valence-electron chi connectivity index (χ4n) is 3.54. The molecule has 0 fully saturated rings. The molecule has 0 unspecified atom stereocenters. The highest BCUT2D eigenvalue weighted by Crippen LogP contribution is 2.41. The number of anilines is 1. The Labute approximate surface area is 169 Å². The molecule has 140 valence electrons. The van der Waals surface area contributed by atoms with Crippen LogP contribution in [-0.2, 0) is 9.53 Å². The second kappa shape index (κ2) is 7.87. The largest absolute Gasteiger partial charge is 0.468 e. The van der Waals surface area contributed by atoms with Crippen molar-refractivity contribution >= 4 is 29.0 Å². The van der Waals surface area contributed by atoms with Crippen LogP contribution in [0.15, 0.2) is 90.0 Å². The Hall–Kier alpha value is -3.11. The van der Waals surface area contributed by atoms with Crippen molar-refractivity contribution in [2.45, 2.75) is 6.04 Å². The molecule has 3 aromatic carbocycles. The summed E-state index contributed by atoms with van der Waals surface area (Å²) < 4.78 is 5.17. The standard InChI is InChI=1S/C23H19ClN2O2/c1-28-23(27)20-21(16-8-4-2-5-9-16)25-26(19-10-6-3-7-11-19)22(20)17-12-14-18(24)15-13-17/h2-15,20,22H,1H3/t20-,22+/m1/s1. The van der Waals surface area contributed by atoms with Crippen molar-refractivity contribution in [3.05, 3.63) is 101 Å². The number of carbonyl (C=O) groups is 1. The number of nitrogens with zero attached hydrogens (tertiary/aromatic N) is 2. The Bertz CT molecular complexity index is 988. The van der Waals surface area contributed by atoms with Gasteiger partial charge in [0.05, 0.1) is 24.6 Å². The molecule has 0 radical (unpaired) electrons. The van der Waals surface area contributed by atoms with Crippen LogP contribution in [0.5, 0.6) is 0 Å². The van der Waals surface area contributed by atoms with Crippen molar-refractivity contribution in [1.29, 1.82) is 0 Å². The number of hydrogen-bond donors (Lipinski definition) is 0. The summed E-state index contributed by atoms with van der Waals surface area (Å²) in [5.74, 6) is -0.880. The smallest absolute Gasteiger partial charge is 0.317 e. The number of benzene rings is 3. The zero-order chi connectivity index (χ0) is 19.5. The third-order valence-corrected chi connectivity index (χ3v) is 5.10. The van der Waals surface area contributed by atoms with Gasteiger partial charge in [0.15, 0.2) is 0 Å². The highest BCUT2D eigenvalue weighted by atomic mass is 35.5. The van der Waals surface area contributed by atoms with E-state index in [1.54, 1.807) is 0 Å². The molecule has 1 aliphatic heterocycles. The Kier molecular flexibility index (Phi) is 5.13. The average molecular weight is 391 g/mol. The van der Waals surface area contributed by atoms with Gasteiger partial charge in [0.2, 0.25) is 0 Å². The van der Waals surface area contributed by atoms with Crippen molar-refractivity contribution in [2.75, 3.05) is 12.1 Å². The number of para-hydroxylation sites is 1. The van der Waals surface area contributed by atoms with Gasteiger partial charge in [-0.2, -0.15) is 5.10 Å². The molecular formula is C23H19ClN2O2. The first-order valence-corrected chi connectivity index (χ1v) is 9.38. The number of hydrazone groups is 1. The minimum absolute atomic E-state index is 0.319. The van der Waals surface area contributed by atoms with Gasteiger partial charge in [-0.3, -0.25) is 9.80 Å². The van der Waals surface area contributed by atoms with Gasteiger partial charge in [-0.25, -0.2) is 0 Å². The highest BCUT2D eigenvalue weighted by molar-refractivity contribution is 6.30. The number of esters is 1. The second-order valence-electron chi connectivity index (χ2n) is 6.53. The molecule has 0 bridgehead atoms. The van der Waals surface area contributed by atoms with E-state index < -0.39 is 5.92 Å². The van der Waals surface area contributed by atoms with E-state index in [1.807, 2.05) is 89.9 Å². The van der Waals surface area contributed by atoms with E-state index in [2.05, 4.69) is 0 Å². The molecule has 0 aliphatic carbocycles. The summed E-state index contributed by atoms with van der Waals surface area (Å²) in [7, 11) is 1.41. The molecule has 4 rings (SSSR count). The van der Waals surface area contributed by atoms with Gasteiger partial charge in [0.25, 0.3) is 0 Å². The molecule has 0 spiro atoms. The van der Waals surface area contributed by atoms with Crippen LogP contribution < -0.4 is 5.01 Å². The maximum atomic E-state index is 12.9. The molecule has 4 nitrogen and oxygen atoms in total. The zero-order valence-electron chi connectivity index (χ0n) is 15.3. The highest BCUT2D eigenvalue weighted by Gasteiger charge is 2.44. The molecule has 0 amide bonds. The summed E-state index contributed by atoms with van der Waals surface area (Å²) in [5, 5.41) is 7.42. The first-order valence-electron chi connectivity index (χ1n) is 9.00. The lowest BCUT2D eigenvalue weighted by atomic mass is 9.87. The van der Waals surface area contributed by atoms with Gasteiger partial charge in [-0.1, -0.05) is 72.3 Å². The molecule has 5 heteroatoms. The minimum Gasteiger partial charge on any atom is -0.468 e. The van der Waals surface area contributed by atoms with Gasteiger partial charge in [0.1, 0.15) is 5.92 Å². The van der Waals surface area contributed by atoms with E-state index >= 15 is 0 Å². The topological polar surface area (TPSA) is 41.9 Å². The van der Waals surface area contributed by atoms with Crippen LogP contribution in [0, 0.1) is 5.92 Å². The lowest BCUT2D eigenvalue weighted by Gasteiger charge is -2.27. The third-order valence-electron chi connectivity index (χ3n) is 4.85. The molecular weight excluding hydrogens is 372 g/mol. The Morgan fingerprint density at radius 3 is 2.14 bits per heavy atom. The molecule has 0 saturated carbocycles. The first kappa shape index (κ1) is 18.3. The van der Waals surface area contributed by atoms with Crippen LogP contribution in [0.2, 0.25) is 5.02 Å². The number of carbonyl (C=O) groups excluding carboxylic acids is 1. The van der Waals surface area contributed by atoms with Crippen LogP contribution in [0.1, 0.15) is 17.2 Å². The van der Waals surface area contributed by atoms with E-state index in [1.165, 1.54) is 7.11 Å². The van der Waals surface area contributed by atoms with Gasteiger partial charge < -0.3 is 4.74 Å². The monoisotopic (exact) mass is 390 g/mol. The minimum atomic E-state index is -0.561. The lowest BCUT2D eigenvalue weighted by Crippen LogP contribution is -2.32. The molecule has 0 N–H and O–H groups in total. The summed E-state index contributed by atoms with van der Waals surface area (Å²) in [6, 6.07) is 26.8. The molecule has 3 aromatic rings. The summed E-state index contributed by atoms with van der Waals surface area (Å²) in [5.41, 5.74) is 3.44. The van der Waals surface area contributed by atoms with Crippen molar-refractivity contribution in [3.8, 4) is 0 Å². The molecule has 0 saturated heterocycles. The van der Waals surface area contributed by atoms with Crippen molar-refractivity contribution in [1.82, 2.24) is 0 Å². The predicted molar refractivity (Wildman–Crippen MR) is 112 cm³/mol. The molecule has 28 heavy (non-hydrogen) atoms. The quantitative estimate of drug-likeness (QED) is 0.582. The SMILES string of the molecule is COC(=O)[C@@H]1C(c2ccccc2)=NN(c2ccccc2)[C@H]1c1ccc(Cl)cc1. The second-order valence-corrected chi connectivity index (χ2v) is 6.97. The number of halogens is 1. The van der Waals surface area contributed by atoms with Crippen LogP contribution in [0.3, 0.4) is 0 Å². The van der Waals surface area contributed by atoms with Gasteiger partial charge in [0, 0.05) is 5.02 Å². The summed E-state index contributed by atoms with van der Waals surface area (Å²) in [6.45, 7) is 0. The van der Waals surface area contributed by atoms with Gasteiger partial charge >= 0.3 is 5.97 Å². The molecule has 0 aromatic heterocycles. The van der Waals surface area contributed by atoms with E-state index in [0.29, 0.717) is 10.7 Å². The fourth-order valence-corrected chi connectivity index (χ4v) is 3.66. The van der Waals surface area contributed by atoms with Gasteiger partial charge in [-0.15, -0.1) is 0 Å². The summed E-state index contributed by atoms with van der Waals surface area (Å²) in [6.07, 6.45) is 0.